The maximum Gasteiger partial charge on any atom is 0.261 e. The molecule has 1 fully saturated rings. The van der Waals surface area contributed by atoms with Gasteiger partial charge in [0.2, 0.25) is 0 Å². The third kappa shape index (κ3) is 10.7. The molecule has 1 heterocycles. The minimum atomic E-state index is -3.67. The lowest BCUT2D eigenvalue weighted by Gasteiger charge is -2.35. The van der Waals surface area contributed by atoms with Gasteiger partial charge in [-0.3, -0.25) is 4.55 Å². The van der Waals surface area contributed by atoms with Gasteiger partial charge in [0.05, 0.1) is 6.26 Å². The second kappa shape index (κ2) is 8.89. The molecular formula is C12H27NO3S. The van der Waals surface area contributed by atoms with Crippen molar-refractivity contribution in [2.75, 3.05) is 19.3 Å². The van der Waals surface area contributed by atoms with Gasteiger partial charge in [0.25, 0.3) is 10.1 Å². The Balaban J connectivity index is 0.000000437. The Labute approximate surface area is 106 Å². The molecular weight excluding hydrogens is 238 g/mol. The van der Waals surface area contributed by atoms with Gasteiger partial charge in [0.1, 0.15) is 0 Å². The van der Waals surface area contributed by atoms with Gasteiger partial charge in [-0.15, -0.1) is 0 Å². The number of hydrogen-bond acceptors (Lipinski definition) is 3. The van der Waals surface area contributed by atoms with Crippen LogP contribution >= 0.6 is 0 Å². The van der Waals surface area contributed by atoms with Crippen LogP contribution in [-0.4, -0.2) is 43.3 Å². The predicted octanol–water partition coefficient (Wildman–Crippen LogP) is 2.56. The molecule has 1 rings (SSSR count). The average molecular weight is 265 g/mol. The van der Waals surface area contributed by atoms with E-state index in [1.807, 2.05) is 0 Å². The summed E-state index contributed by atoms with van der Waals surface area (Å²) >= 11 is 0. The van der Waals surface area contributed by atoms with E-state index in [1.165, 1.54) is 51.6 Å². The van der Waals surface area contributed by atoms with Crippen molar-refractivity contribution in [1.29, 1.82) is 0 Å². The van der Waals surface area contributed by atoms with Crippen molar-refractivity contribution in [3.05, 3.63) is 0 Å². The van der Waals surface area contributed by atoms with Crippen LogP contribution in [0.1, 0.15) is 52.4 Å². The van der Waals surface area contributed by atoms with E-state index in [4.69, 9.17) is 4.55 Å². The summed E-state index contributed by atoms with van der Waals surface area (Å²) in [5.41, 5.74) is 0. The molecule has 4 nitrogen and oxygen atoms in total. The van der Waals surface area contributed by atoms with Crippen LogP contribution in [0, 0.1) is 0 Å². The predicted molar refractivity (Wildman–Crippen MR) is 71.9 cm³/mol. The summed E-state index contributed by atoms with van der Waals surface area (Å²) in [6, 6.07) is 0.920. The molecule has 1 atom stereocenters. The van der Waals surface area contributed by atoms with Crippen molar-refractivity contribution >= 4 is 10.1 Å². The molecule has 1 unspecified atom stereocenters. The highest BCUT2D eigenvalue weighted by Crippen LogP contribution is 2.20. The summed E-state index contributed by atoms with van der Waals surface area (Å²) < 4.78 is 25.9. The van der Waals surface area contributed by atoms with Gasteiger partial charge in [0.15, 0.2) is 0 Å². The van der Waals surface area contributed by atoms with Crippen molar-refractivity contribution in [2.24, 2.45) is 0 Å². The molecule has 0 saturated carbocycles. The molecule has 1 aliphatic rings. The topological polar surface area (TPSA) is 57.6 Å². The van der Waals surface area contributed by atoms with Gasteiger partial charge in [0, 0.05) is 6.04 Å². The molecule has 0 radical (unpaired) electrons. The van der Waals surface area contributed by atoms with Gasteiger partial charge in [-0.05, 0) is 38.8 Å². The Morgan fingerprint density at radius 3 is 2.29 bits per heavy atom. The lowest BCUT2D eigenvalue weighted by molar-refractivity contribution is 0.140. The fraction of sp³-hybridized carbons (Fsp3) is 1.00. The van der Waals surface area contributed by atoms with E-state index in [9.17, 15) is 8.42 Å². The fourth-order valence-corrected chi connectivity index (χ4v) is 2.30. The Bertz CT molecular complexity index is 251. The van der Waals surface area contributed by atoms with Crippen LogP contribution in [0.15, 0.2) is 0 Å². The third-order valence-electron chi connectivity index (χ3n) is 2.88. The van der Waals surface area contributed by atoms with Gasteiger partial charge in [-0.2, -0.15) is 8.42 Å². The second-order valence-electron chi connectivity index (χ2n) is 4.71. The lowest BCUT2D eigenvalue weighted by atomic mass is 9.98. The monoisotopic (exact) mass is 265 g/mol. The van der Waals surface area contributed by atoms with Crippen LogP contribution in [0.2, 0.25) is 0 Å². The van der Waals surface area contributed by atoms with E-state index in [-0.39, 0.29) is 0 Å². The molecule has 0 bridgehead atoms. The van der Waals surface area contributed by atoms with Gasteiger partial charge < -0.3 is 4.90 Å². The number of likely N-dealkylation sites (tertiary alicyclic amines) is 1. The molecule has 104 valence electrons. The molecule has 0 aliphatic carbocycles. The van der Waals surface area contributed by atoms with Crippen LogP contribution in [0.25, 0.3) is 0 Å². The number of rotatable bonds is 4. The normalized spacial score (nSPS) is 21.8. The van der Waals surface area contributed by atoms with Gasteiger partial charge in [-0.1, -0.05) is 26.7 Å². The molecule has 0 spiro atoms. The Morgan fingerprint density at radius 2 is 1.82 bits per heavy atom. The molecule has 0 aromatic carbocycles. The standard InChI is InChI=1S/C11H23N.CH4O3S/c1-3-7-11-8-5-6-10-12(11)9-4-2;1-5(2,3)4/h11H,3-10H2,1-2H3;1H3,(H,2,3,4). The number of hydrogen-bond donors (Lipinski definition) is 1. The van der Waals surface area contributed by atoms with Crippen LogP contribution in [0.5, 0.6) is 0 Å². The van der Waals surface area contributed by atoms with E-state index in [2.05, 4.69) is 18.7 Å². The first-order chi connectivity index (χ1) is 7.88. The summed E-state index contributed by atoms with van der Waals surface area (Å²) in [5, 5.41) is 0. The van der Waals surface area contributed by atoms with Crippen molar-refractivity contribution in [1.82, 2.24) is 4.90 Å². The Hall–Kier alpha value is -0.130. The molecule has 1 aliphatic heterocycles. The summed E-state index contributed by atoms with van der Waals surface area (Å²) in [6.07, 6.45) is 9.15. The maximum absolute atomic E-state index is 9.19. The smallest absolute Gasteiger partial charge is 0.261 e. The van der Waals surface area contributed by atoms with Crippen molar-refractivity contribution in [2.45, 2.75) is 58.4 Å². The summed E-state index contributed by atoms with van der Waals surface area (Å²) in [4.78, 5) is 2.70. The third-order valence-corrected chi connectivity index (χ3v) is 2.88. The van der Waals surface area contributed by atoms with Crippen molar-refractivity contribution in [3.8, 4) is 0 Å². The van der Waals surface area contributed by atoms with E-state index in [0.717, 1.165) is 6.04 Å². The van der Waals surface area contributed by atoms with Crippen LogP contribution in [-0.2, 0) is 10.1 Å². The molecule has 5 heteroatoms. The first-order valence-electron chi connectivity index (χ1n) is 6.55. The quantitative estimate of drug-likeness (QED) is 0.794. The molecule has 1 N–H and O–H groups in total. The molecule has 17 heavy (non-hydrogen) atoms. The maximum atomic E-state index is 9.19. The highest BCUT2D eigenvalue weighted by atomic mass is 32.2. The number of piperidine rings is 1. The largest absolute Gasteiger partial charge is 0.300 e. The lowest BCUT2D eigenvalue weighted by Crippen LogP contribution is -2.39. The first kappa shape index (κ1) is 16.9. The SMILES string of the molecule is CCCC1CCCCN1CCC.CS(=O)(=O)O. The Kier molecular flexibility index (Phi) is 8.82. The molecule has 0 aromatic heterocycles. The van der Waals surface area contributed by atoms with E-state index >= 15 is 0 Å². The molecule has 1 saturated heterocycles. The van der Waals surface area contributed by atoms with E-state index in [1.54, 1.807) is 0 Å². The first-order valence-corrected chi connectivity index (χ1v) is 8.39. The highest BCUT2D eigenvalue weighted by molar-refractivity contribution is 7.85. The van der Waals surface area contributed by atoms with Crippen LogP contribution in [0.3, 0.4) is 0 Å². The van der Waals surface area contributed by atoms with Crippen molar-refractivity contribution < 1.29 is 13.0 Å². The Morgan fingerprint density at radius 1 is 1.24 bits per heavy atom. The zero-order valence-corrected chi connectivity index (χ0v) is 12.2. The van der Waals surface area contributed by atoms with E-state index < -0.39 is 10.1 Å². The summed E-state index contributed by atoms with van der Waals surface area (Å²) in [5.74, 6) is 0. The highest BCUT2D eigenvalue weighted by Gasteiger charge is 2.19. The minimum absolute atomic E-state index is 0.715. The second-order valence-corrected chi connectivity index (χ2v) is 6.17. The van der Waals surface area contributed by atoms with E-state index in [0.29, 0.717) is 6.26 Å². The van der Waals surface area contributed by atoms with Gasteiger partial charge >= 0.3 is 0 Å². The minimum Gasteiger partial charge on any atom is -0.300 e. The summed E-state index contributed by atoms with van der Waals surface area (Å²) in [7, 11) is -3.67. The zero-order chi connectivity index (χ0) is 13.3. The van der Waals surface area contributed by atoms with Crippen LogP contribution < -0.4 is 0 Å². The van der Waals surface area contributed by atoms with Crippen LogP contribution in [0.4, 0.5) is 0 Å². The zero-order valence-electron chi connectivity index (χ0n) is 11.4. The molecule has 0 amide bonds. The van der Waals surface area contributed by atoms with Gasteiger partial charge in [-0.25, -0.2) is 0 Å². The molecule has 0 aromatic rings. The average Bonchev–Trinajstić information content (AvgIpc) is 2.19. The van der Waals surface area contributed by atoms with Crippen molar-refractivity contribution in [3.63, 3.8) is 0 Å². The number of nitrogens with zero attached hydrogens (tertiary/aromatic N) is 1. The summed E-state index contributed by atoms with van der Waals surface area (Å²) in [6.45, 7) is 7.28. The fourth-order valence-electron chi connectivity index (χ4n) is 2.30.